The highest BCUT2D eigenvalue weighted by Crippen LogP contribution is 2.36. The highest BCUT2D eigenvalue weighted by atomic mass is 16.3. The zero-order valence-corrected chi connectivity index (χ0v) is 12.1. The summed E-state index contributed by atoms with van der Waals surface area (Å²) in [4.78, 5) is 12.6. The van der Waals surface area contributed by atoms with Crippen molar-refractivity contribution in [1.29, 1.82) is 0 Å². The Morgan fingerprint density at radius 1 is 1.29 bits per heavy atom. The molecule has 0 saturated heterocycles. The van der Waals surface area contributed by atoms with E-state index in [-0.39, 0.29) is 12.5 Å². The Bertz CT molecular complexity index is 631. The first-order valence-electron chi connectivity index (χ1n) is 7.30. The number of carbonyl (C=O) groups is 1. The predicted molar refractivity (Wildman–Crippen MR) is 81.0 cm³/mol. The maximum atomic E-state index is 12.6. The molecule has 1 fully saturated rings. The quantitative estimate of drug-likeness (QED) is 0.886. The molecule has 4 nitrogen and oxygen atoms in total. The van der Waals surface area contributed by atoms with Crippen LogP contribution in [0.4, 0.5) is 0 Å². The van der Waals surface area contributed by atoms with E-state index in [1.54, 1.807) is 0 Å². The molecule has 4 heteroatoms. The van der Waals surface area contributed by atoms with E-state index in [4.69, 9.17) is 0 Å². The summed E-state index contributed by atoms with van der Waals surface area (Å²) in [5.74, 6) is -0.146. The van der Waals surface area contributed by atoms with Crippen LogP contribution in [0.15, 0.2) is 48.7 Å². The first-order valence-corrected chi connectivity index (χ1v) is 7.30. The molecule has 1 aliphatic rings. The molecule has 1 amide bonds. The summed E-state index contributed by atoms with van der Waals surface area (Å²) >= 11 is 0. The fourth-order valence-corrected chi connectivity index (χ4v) is 2.58. The van der Waals surface area contributed by atoms with Crippen molar-refractivity contribution < 1.29 is 9.90 Å². The molecule has 0 spiro atoms. The smallest absolute Gasteiger partial charge is 0.268 e. The fraction of sp³-hybridized carbons (Fsp3) is 0.353. The van der Waals surface area contributed by atoms with Crippen LogP contribution in [-0.2, 0) is 5.54 Å². The van der Waals surface area contributed by atoms with E-state index in [2.05, 4.69) is 5.32 Å². The van der Waals surface area contributed by atoms with Crippen LogP contribution >= 0.6 is 0 Å². The zero-order chi connectivity index (χ0) is 14.9. The third-order valence-corrected chi connectivity index (χ3v) is 4.07. The van der Waals surface area contributed by atoms with E-state index in [1.807, 2.05) is 60.2 Å². The van der Waals surface area contributed by atoms with Gasteiger partial charge in [-0.1, -0.05) is 30.3 Å². The maximum absolute atomic E-state index is 12.6. The van der Waals surface area contributed by atoms with Gasteiger partial charge in [-0.3, -0.25) is 4.79 Å². The molecule has 1 aliphatic carbocycles. The Labute approximate surface area is 124 Å². The number of hydrogen-bond donors (Lipinski definition) is 2. The van der Waals surface area contributed by atoms with Crippen molar-refractivity contribution >= 4 is 5.91 Å². The van der Waals surface area contributed by atoms with Gasteiger partial charge in [0.2, 0.25) is 0 Å². The Morgan fingerprint density at radius 3 is 2.62 bits per heavy atom. The second-order valence-electron chi connectivity index (χ2n) is 5.84. The topological polar surface area (TPSA) is 54.3 Å². The lowest BCUT2D eigenvalue weighted by atomic mass is 9.92. The number of aromatic nitrogens is 1. The standard InChI is InChI=1S/C17H20N2O2/c1-17(12-20,13-6-3-2-4-7-13)18-16(21)15-8-5-11-19(15)14-9-10-14/h2-8,11,14,20H,9-10,12H2,1H3,(H,18,21). The average molecular weight is 284 g/mol. The van der Waals surface area contributed by atoms with Crippen molar-refractivity contribution in [2.75, 3.05) is 6.61 Å². The number of nitrogens with one attached hydrogen (secondary N) is 1. The molecule has 0 radical (unpaired) electrons. The summed E-state index contributed by atoms with van der Waals surface area (Å²) in [6, 6.07) is 13.7. The number of aliphatic hydroxyl groups excluding tert-OH is 1. The van der Waals surface area contributed by atoms with E-state index in [0.717, 1.165) is 18.4 Å². The number of rotatable bonds is 5. The Hall–Kier alpha value is -2.07. The van der Waals surface area contributed by atoms with Crippen LogP contribution in [0.5, 0.6) is 0 Å². The number of aliphatic hydroxyl groups is 1. The molecule has 1 aromatic carbocycles. The molecule has 2 aromatic rings. The van der Waals surface area contributed by atoms with Gasteiger partial charge in [-0.2, -0.15) is 0 Å². The van der Waals surface area contributed by atoms with Crippen molar-refractivity contribution in [1.82, 2.24) is 9.88 Å². The van der Waals surface area contributed by atoms with Crippen molar-refractivity contribution in [2.45, 2.75) is 31.3 Å². The second kappa shape index (κ2) is 5.37. The third kappa shape index (κ3) is 2.72. The van der Waals surface area contributed by atoms with Crippen LogP contribution in [0, 0.1) is 0 Å². The van der Waals surface area contributed by atoms with Gasteiger partial charge in [-0.15, -0.1) is 0 Å². The molecule has 1 unspecified atom stereocenters. The second-order valence-corrected chi connectivity index (χ2v) is 5.84. The molecule has 110 valence electrons. The van der Waals surface area contributed by atoms with Crippen LogP contribution in [0.1, 0.15) is 41.9 Å². The van der Waals surface area contributed by atoms with Gasteiger partial charge in [0, 0.05) is 12.2 Å². The van der Waals surface area contributed by atoms with Gasteiger partial charge in [0.1, 0.15) is 5.69 Å². The van der Waals surface area contributed by atoms with Crippen LogP contribution < -0.4 is 5.32 Å². The van der Waals surface area contributed by atoms with Crippen molar-refractivity contribution in [2.24, 2.45) is 0 Å². The molecule has 1 heterocycles. The third-order valence-electron chi connectivity index (χ3n) is 4.07. The number of nitrogens with zero attached hydrogens (tertiary/aromatic N) is 1. The van der Waals surface area contributed by atoms with Gasteiger partial charge in [0.05, 0.1) is 12.1 Å². The lowest BCUT2D eigenvalue weighted by Gasteiger charge is -2.29. The lowest BCUT2D eigenvalue weighted by molar-refractivity contribution is 0.0840. The average Bonchev–Trinajstić information content (AvgIpc) is 3.24. The number of benzene rings is 1. The summed E-state index contributed by atoms with van der Waals surface area (Å²) in [6.07, 6.45) is 4.21. The van der Waals surface area contributed by atoms with Gasteiger partial charge in [0.15, 0.2) is 0 Å². The molecule has 0 aliphatic heterocycles. The summed E-state index contributed by atoms with van der Waals surface area (Å²) in [7, 11) is 0. The largest absolute Gasteiger partial charge is 0.394 e. The van der Waals surface area contributed by atoms with E-state index < -0.39 is 5.54 Å². The van der Waals surface area contributed by atoms with Crippen LogP contribution in [0.3, 0.4) is 0 Å². The fourth-order valence-electron chi connectivity index (χ4n) is 2.58. The molecule has 3 rings (SSSR count). The summed E-state index contributed by atoms with van der Waals surface area (Å²) in [5.41, 5.74) is 0.773. The molecule has 1 aromatic heterocycles. The van der Waals surface area contributed by atoms with E-state index in [0.29, 0.717) is 11.7 Å². The van der Waals surface area contributed by atoms with E-state index in [9.17, 15) is 9.90 Å². The van der Waals surface area contributed by atoms with Gasteiger partial charge in [0.25, 0.3) is 5.91 Å². The minimum absolute atomic E-state index is 0.146. The summed E-state index contributed by atoms with van der Waals surface area (Å²) in [5, 5.41) is 12.7. The van der Waals surface area contributed by atoms with Gasteiger partial charge in [-0.25, -0.2) is 0 Å². The van der Waals surface area contributed by atoms with Crippen LogP contribution in [0.25, 0.3) is 0 Å². The minimum atomic E-state index is -0.781. The van der Waals surface area contributed by atoms with E-state index >= 15 is 0 Å². The SMILES string of the molecule is CC(CO)(NC(=O)c1cccn1C1CC1)c1ccccc1. The number of carbonyl (C=O) groups excluding carboxylic acids is 1. The first-order chi connectivity index (χ1) is 10.1. The first kappa shape index (κ1) is 13.9. The van der Waals surface area contributed by atoms with Gasteiger partial charge < -0.3 is 15.0 Å². The predicted octanol–water partition coefficient (Wildman–Crippen LogP) is 2.46. The summed E-state index contributed by atoms with van der Waals surface area (Å²) < 4.78 is 2.03. The molecule has 1 saturated carbocycles. The Morgan fingerprint density at radius 2 is 2.00 bits per heavy atom. The van der Waals surface area contributed by atoms with Gasteiger partial charge in [-0.05, 0) is 37.5 Å². The minimum Gasteiger partial charge on any atom is -0.394 e. The van der Waals surface area contributed by atoms with E-state index in [1.165, 1.54) is 0 Å². The Balaban J connectivity index is 1.83. The van der Waals surface area contributed by atoms with Crippen molar-refractivity contribution in [3.63, 3.8) is 0 Å². The maximum Gasteiger partial charge on any atom is 0.268 e. The zero-order valence-electron chi connectivity index (χ0n) is 12.1. The molecule has 2 N–H and O–H groups in total. The number of amides is 1. The van der Waals surface area contributed by atoms with Crippen molar-refractivity contribution in [3.8, 4) is 0 Å². The monoisotopic (exact) mass is 284 g/mol. The molecular weight excluding hydrogens is 264 g/mol. The van der Waals surface area contributed by atoms with Crippen LogP contribution in [0.2, 0.25) is 0 Å². The Kier molecular flexibility index (Phi) is 3.55. The lowest BCUT2D eigenvalue weighted by Crippen LogP contribution is -2.46. The van der Waals surface area contributed by atoms with Gasteiger partial charge >= 0.3 is 0 Å². The molecular formula is C17H20N2O2. The highest BCUT2D eigenvalue weighted by Gasteiger charge is 2.31. The molecule has 0 bridgehead atoms. The highest BCUT2D eigenvalue weighted by molar-refractivity contribution is 5.93. The van der Waals surface area contributed by atoms with Crippen LogP contribution in [-0.4, -0.2) is 22.2 Å². The molecule has 1 atom stereocenters. The summed E-state index contributed by atoms with van der Waals surface area (Å²) in [6.45, 7) is 1.69. The van der Waals surface area contributed by atoms with Crippen molar-refractivity contribution in [3.05, 3.63) is 59.9 Å². The normalized spacial score (nSPS) is 17.2. The number of hydrogen-bond acceptors (Lipinski definition) is 2. The molecule has 21 heavy (non-hydrogen) atoms.